The molecule has 0 unspecified atom stereocenters. The lowest BCUT2D eigenvalue weighted by atomic mass is 9.98. The number of rotatable bonds is 10. The van der Waals surface area contributed by atoms with Gasteiger partial charge in [0, 0.05) is 39.4 Å². The first kappa shape index (κ1) is 24.5. The average Bonchev–Trinajstić information content (AvgIpc) is 3.13. The largest absolute Gasteiger partial charge is 0.396 e. The summed E-state index contributed by atoms with van der Waals surface area (Å²) in [6, 6.07) is 7.43. The Bertz CT molecular complexity index is 1160. The zero-order valence-electron chi connectivity index (χ0n) is 20.0. The molecule has 7 nitrogen and oxygen atoms in total. The molecule has 0 bridgehead atoms. The Morgan fingerprint density at radius 1 is 1.21 bits per heavy atom. The second-order valence-corrected chi connectivity index (χ2v) is 15.5. The third kappa shape index (κ3) is 5.55. The van der Waals surface area contributed by atoms with Crippen molar-refractivity contribution in [1.29, 1.82) is 0 Å². The van der Waals surface area contributed by atoms with Crippen molar-refractivity contribution in [2.45, 2.75) is 45.1 Å². The Balaban J connectivity index is 1.54. The molecule has 1 aliphatic heterocycles. The fourth-order valence-electron chi connectivity index (χ4n) is 4.19. The van der Waals surface area contributed by atoms with E-state index in [0.717, 1.165) is 33.6 Å². The SMILES string of the molecule is C[Si](C)(C)CCOCON1CCc2c(ncc3c2c(CCO)cn3Cc2ccc(F)cc2)C1=O. The van der Waals surface area contributed by atoms with Crippen LogP contribution in [0.5, 0.6) is 0 Å². The molecule has 1 aliphatic rings. The summed E-state index contributed by atoms with van der Waals surface area (Å²) >= 11 is 0. The van der Waals surface area contributed by atoms with E-state index in [1.807, 2.05) is 10.8 Å². The van der Waals surface area contributed by atoms with E-state index in [0.29, 0.717) is 38.2 Å². The van der Waals surface area contributed by atoms with E-state index in [1.54, 1.807) is 18.3 Å². The summed E-state index contributed by atoms with van der Waals surface area (Å²) in [6.07, 6.45) is 4.76. The number of carbonyl (C=O) groups excluding carboxylic acids is 1. The van der Waals surface area contributed by atoms with E-state index >= 15 is 0 Å². The number of aliphatic hydroxyl groups excluding tert-OH is 1. The molecule has 1 aromatic carbocycles. The van der Waals surface area contributed by atoms with Crippen LogP contribution in [0.25, 0.3) is 10.9 Å². The number of amides is 1. The molecule has 182 valence electrons. The molecule has 34 heavy (non-hydrogen) atoms. The predicted molar refractivity (Wildman–Crippen MR) is 131 cm³/mol. The minimum atomic E-state index is -1.18. The van der Waals surface area contributed by atoms with Crippen LogP contribution in [-0.4, -0.2) is 60.3 Å². The summed E-state index contributed by atoms with van der Waals surface area (Å²) in [4.78, 5) is 23.2. The molecule has 0 saturated carbocycles. The minimum Gasteiger partial charge on any atom is -0.396 e. The van der Waals surface area contributed by atoms with Crippen LogP contribution < -0.4 is 0 Å². The van der Waals surface area contributed by atoms with E-state index < -0.39 is 8.07 Å². The summed E-state index contributed by atoms with van der Waals surface area (Å²) in [5.74, 6) is -0.553. The van der Waals surface area contributed by atoms with Gasteiger partial charge in [-0.05, 0) is 47.7 Å². The van der Waals surface area contributed by atoms with Crippen molar-refractivity contribution in [1.82, 2.24) is 14.6 Å². The molecular formula is C25H32FN3O4Si. The Hall–Kier alpha value is -2.59. The maximum Gasteiger partial charge on any atom is 0.296 e. The number of pyridine rings is 1. The predicted octanol–water partition coefficient (Wildman–Crippen LogP) is 4.00. The molecule has 0 spiro atoms. The van der Waals surface area contributed by atoms with Gasteiger partial charge in [-0.2, -0.15) is 0 Å². The van der Waals surface area contributed by atoms with Gasteiger partial charge in [0.2, 0.25) is 0 Å². The second-order valence-electron chi connectivity index (χ2n) is 9.85. The molecule has 0 fully saturated rings. The number of aliphatic hydroxyl groups is 1. The van der Waals surface area contributed by atoms with Gasteiger partial charge in [0.15, 0.2) is 6.79 Å². The van der Waals surface area contributed by atoms with Crippen LogP contribution in [0.2, 0.25) is 25.7 Å². The molecule has 1 N–H and O–H groups in total. The van der Waals surface area contributed by atoms with Crippen LogP contribution in [0.4, 0.5) is 4.39 Å². The smallest absolute Gasteiger partial charge is 0.296 e. The second kappa shape index (κ2) is 10.3. The maximum absolute atomic E-state index is 13.3. The summed E-state index contributed by atoms with van der Waals surface area (Å²) in [6.45, 7) is 8.47. The first-order valence-corrected chi connectivity index (χ1v) is 15.3. The van der Waals surface area contributed by atoms with Crippen molar-refractivity contribution in [2.24, 2.45) is 0 Å². The zero-order chi connectivity index (χ0) is 24.3. The van der Waals surface area contributed by atoms with E-state index in [4.69, 9.17) is 9.57 Å². The van der Waals surface area contributed by atoms with Gasteiger partial charge in [0.05, 0.1) is 18.3 Å². The Morgan fingerprint density at radius 2 is 1.97 bits per heavy atom. The van der Waals surface area contributed by atoms with Crippen molar-refractivity contribution >= 4 is 24.9 Å². The summed E-state index contributed by atoms with van der Waals surface area (Å²) in [5, 5.41) is 11.9. The number of carbonyl (C=O) groups is 1. The monoisotopic (exact) mass is 485 g/mol. The molecule has 1 amide bonds. The van der Waals surface area contributed by atoms with Gasteiger partial charge in [-0.1, -0.05) is 31.8 Å². The van der Waals surface area contributed by atoms with E-state index in [1.165, 1.54) is 17.2 Å². The number of hydroxylamine groups is 2. The van der Waals surface area contributed by atoms with Crippen LogP contribution in [-0.2, 0) is 29.0 Å². The first-order chi connectivity index (χ1) is 16.3. The number of hydrogen-bond acceptors (Lipinski definition) is 5. The molecule has 2 aromatic heterocycles. The standard InChI is InChI=1S/C25H32FN3O4Si/c1-34(2,3)13-12-32-17-33-29-10-8-21-23-19(9-11-30)16-28(15-18-4-6-20(26)7-5-18)22(23)14-27-24(21)25(29)31/h4-7,14,16,30H,8-13,15,17H2,1-3H3. The van der Waals surface area contributed by atoms with Crippen LogP contribution in [0, 0.1) is 5.82 Å². The van der Waals surface area contributed by atoms with Gasteiger partial charge >= 0.3 is 0 Å². The molecule has 0 saturated heterocycles. The third-order valence-corrected chi connectivity index (χ3v) is 7.74. The van der Waals surface area contributed by atoms with Crippen molar-refractivity contribution < 1.29 is 23.9 Å². The van der Waals surface area contributed by atoms with Crippen LogP contribution in [0.1, 0.15) is 27.2 Å². The number of hydrogen-bond donors (Lipinski definition) is 1. The van der Waals surface area contributed by atoms with E-state index in [2.05, 4.69) is 24.6 Å². The summed E-state index contributed by atoms with van der Waals surface area (Å²) < 4.78 is 20.9. The number of ether oxygens (including phenoxy) is 1. The molecule has 3 aromatic rings. The van der Waals surface area contributed by atoms with Gasteiger partial charge < -0.3 is 14.4 Å². The lowest BCUT2D eigenvalue weighted by molar-refractivity contribution is -0.195. The van der Waals surface area contributed by atoms with Crippen molar-refractivity contribution in [3.63, 3.8) is 0 Å². The molecule has 9 heteroatoms. The van der Waals surface area contributed by atoms with Crippen LogP contribution >= 0.6 is 0 Å². The molecular weight excluding hydrogens is 453 g/mol. The van der Waals surface area contributed by atoms with Gasteiger partial charge in [0.1, 0.15) is 11.5 Å². The highest BCUT2D eigenvalue weighted by Crippen LogP contribution is 2.31. The Kier molecular flexibility index (Phi) is 7.47. The summed E-state index contributed by atoms with van der Waals surface area (Å²) in [7, 11) is -1.18. The quantitative estimate of drug-likeness (QED) is 0.267. The lowest BCUT2D eigenvalue weighted by Crippen LogP contribution is -2.39. The number of fused-ring (bicyclic) bond motifs is 3. The third-order valence-electron chi connectivity index (χ3n) is 6.03. The number of benzene rings is 1. The molecule has 0 atom stereocenters. The minimum absolute atomic E-state index is 0.00466. The number of halogens is 1. The van der Waals surface area contributed by atoms with Crippen molar-refractivity contribution in [2.75, 3.05) is 26.6 Å². The van der Waals surface area contributed by atoms with Crippen molar-refractivity contribution in [3.05, 3.63) is 64.9 Å². The van der Waals surface area contributed by atoms with Gasteiger partial charge in [-0.15, -0.1) is 0 Å². The fraction of sp³-hybridized carbons (Fsp3) is 0.440. The highest BCUT2D eigenvalue weighted by molar-refractivity contribution is 6.76. The van der Waals surface area contributed by atoms with Gasteiger partial charge in [-0.25, -0.2) is 19.3 Å². The number of nitrogens with zero attached hydrogens (tertiary/aromatic N) is 3. The normalized spacial score (nSPS) is 14.1. The highest BCUT2D eigenvalue weighted by atomic mass is 28.3. The Morgan fingerprint density at radius 3 is 2.68 bits per heavy atom. The zero-order valence-corrected chi connectivity index (χ0v) is 21.0. The van der Waals surface area contributed by atoms with Gasteiger partial charge in [-0.3, -0.25) is 4.79 Å². The Labute approximate surface area is 200 Å². The molecule has 4 rings (SSSR count). The summed E-state index contributed by atoms with van der Waals surface area (Å²) in [5.41, 5.74) is 4.07. The fourth-order valence-corrected chi connectivity index (χ4v) is 4.95. The van der Waals surface area contributed by atoms with Crippen LogP contribution in [0.3, 0.4) is 0 Å². The average molecular weight is 486 g/mol. The van der Waals surface area contributed by atoms with E-state index in [9.17, 15) is 14.3 Å². The van der Waals surface area contributed by atoms with Gasteiger partial charge in [0.25, 0.3) is 5.91 Å². The maximum atomic E-state index is 13.3. The topological polar surface area (TPSA) is 76.8 Å². The number of aromatic nitrogens is 2. The molecule has 3 heterocycles. The molecule has 0 radical (unpaired) electrons. The van der Waals surface area contributed by atoms with Crippen LogP contribution in [0.15, 0.2) is 36.7 Å². The first-order valence-electron chi connectivity index (χ1n) is 11.6. The lowest BCUT2D eigenvalue weighted by Gasteiger charge is -2.27. The van der Waals surface area contributed by atoms with E-state index in [-0.39, 0.29) is 25.1 Å². The molecule has 0 aliphatic carbocycles. The highest BCUT2D eigenvalue weighted by Gasteiger charge is 2.30. The van der Waals surface area contributed by atoms with Crippen molar-refractivity contribution in [3.8, 4) is 0 Å².